The van der Waals surface area contributed by atoms with Crippen molar-refractivity contribution in [1.29, 1.82) is 0 Å². The molecule has 1 saturated carbocycles. The maximum absolute atomic E-state index is 11.4. The van der Waals surface area contributed by atoms with Crippen molar-refractivity contribution in [2.75, 3.05) is 7.11 Å². The zero-order valence-corrected chi connectivity index (χ0v) is 9.87. The molecule has 4 nitrogen and oxygen atoms in total. The summed E-state index contributed by atoms with van der Waals surface area (Å²) >= 11 is 0. The zero-order chi connectivity index (χ0) is 11.5. The van der Waals surface area contributed by atoms with Gasteiger partial charge in [-0.15, -0.1) is 6.58 Å². The quantitative estimate of drug-likeness (QED) is 0.668. The molecular formula is C10H19NO3S. The van der Waals surface area contributed by atoms with Crippen LogP contribution in [0.3, 0.4) is 0 Å². The lowest BCUT2D eigenvalue weighted by molar-refractivity contribution is 0.0971. The van der Waals surface area contributed by atoms with E-state index in [0.717, 1.165) is 12.8 Å². The Bertz CT molecular complexity index is 309. The van der Waals surface area contributed by atoms with Gasteiger partial charge >= 0.3 is 0 Å². The highest BCUT2D eigenvalue weighted by Crippen LogP contribution is 2.36. The molecule has 0 aromatic heterocycles. The number of hydrogen-bond donors (Lipinski definition) is 1. The zero-order valence-electron chi connectivity index (χ0n) is 9.06. The Balaban J connectivity index is 2.71. The predicted molar refractivity (Wildman–Crippen MR) is 59.8 cm³/mol. The summed E-state index contributed by atoms with van der Waals surface area (Å²) in [6, 6.07) is 0. The Hall–Kier alpha value is -0.390. The van der Waals surface area contributed by atoms with Crippen molar-refractivity contribution in [2.45, 2.75) is 37.0 Å². The van der Waals surface area contributed by atoms with Crippen LogP contribution >= 0.6 is 0 Å². The van der Waals surface area contributed by atoms with Crippen LogP contribution in [0.4, 0.5) is 0 Å². The summed E-state index contributed by atoms with van der Waals surface area (Å²) in [5.74, 6) is 0.510. The van der Waals surface area contributed by atoms with Crippen LogP contribution in [0.5, 0.6) is 0 Å². The van der Waals surface area contributed by atoms with Crippen molar-refractivity contribution < 1.29 is 13.2 Å². The average molecular weight is 233 g/mol. The van der Waals surface area contributed by atoms with Gasteiger partial charge in [0.15, 0.2) is 0 Å². The molecule has 1 aliphatic carbocycles. The molecule has 1 aliphatic rings. The van der Waals surface area contributed by atoms with Crippen molar-refractivity contribution in [3.8, 4) is 0 Å². The van der Waals surface area contributed by atoms with Gasteiger partial charge in [-0.1, -0.05) is 18.9 Å². The molecule has 2 N–H and O–H groups in total. The molecule has 0 heterocycles. The molecule has 0 unspecified atom stereocenters. The van der Waals surface area contributed by atoms with E-state index in [-0.39, 0.29) is 6.10 Å². The van der Waals surface area contributed by atoms with E-state index in [4.69, 9.17) is 9.88 Å². The Morgan fingerprint density at radius 3 is 2.53 bits per heavy atom. The van der Waals surface area contributed by atoms with Crippen LogP contribution in [-0.2, 0) is 14.8 Å². The Morgan fingerprint density at radius 1 is 1.60 bits per heavy atom. The Labute approximate surface area is 91.5 Å². The second kappa shape index (κ2) is 5.09. The lowest BCUT2D eigenvalue weighted by atomic mass is 10.1. The molecular weight excluding hydrogens is 214 g/mol. The van der Waals surface area contributed by atoms with Crippen molar-refractivity contribution in [3.05, 3.63) is 12.7 Å². The van der Waals surface area contributed by atoms with E-state index in [1.165, 1.54) is 7.11 Å². The summed E-state index contributed by atoms with van der Waals surface area (Å²) in [5.41, 5.74) is 0. The summed E-state index contributed by atoms with van der Waals surface area (Å²) in [6.07, 6.45) is 4.65. The Kier molecular flexibility index (Phi) is 4.31. The first-order valence-electron chi connectivity index (χ1n) is 5.14. The maximum Gasteiger partial charge on any atom is 0.214 e. The molecule has 0 aromatic carbocycles. The fourth-order valence-corrected chi connectivity index (χ4v) is 2.93. The second-order valence-electron chi connectivity index (χ2n) is 4.11. The van der Waals surface area contributed by atoms with Crippen molar-refractivity contribution in [2.24, 2.45) is 11.1 Å². The lowest BCUT2D eigenvalue weighted by Gasteiger charge is -2.23. The highest BCUT2D eigenvalue weighted by atomic mass is 32.2. The predicted octanol–water partition coefficient (Wildman–Crippen LogP) is 1.03. The molecule has 0 aromatic rings. The van der Waals surface area contributed by atoms with E-state index in [0.29, 0.717) is 18.8 Å². The summed E-state index contributed by atoms with van der Waals surface area (Å²) in [5, 5.41) is 4.63. The van der Waals surface area contributed by atoms with Gasteiger partial charge < -0.3 is 4.74 Å². The van der Waals surface area contributed by atoms with Gasteiger partial charge in [-0.25, -0.2) is 13.6 Å². The highest BCUT2D eigenvalue weighted by molar-refractivity contribution is 7.89. The molecule has 2 atom stereocenters. The number of hydrogen-bond acceptors (Lipinski definition) is 3. The molecule has 0 spiro atoms. The molecule has 5 heteroatoms. The van der Waals surface area contributed by atoms with Crippen LogP contribution in [0.15, 0.2) is 12.7 Å². The monoisotopic (exact) mass is 233 g/mol. The van der Waals surface area contributed by atoms with Crippen LogP contribution in [0.2, 0.25) is 0 Å². The largest absolute Gasteiger partial charge is 0.380 e. The first kappa shape index (κ1) is 12.7. The van der Waals surface area contributed by atoms with Gasteiger partial charge in [0.05, 0.1) is 6.10 Å². The van der Waals surface area contributed by atoms with E-state index >= 15 is 0 Å². The number of ether oxygens (including phenoxy) is 1. The van der Waals surface area contributed by atoms with Gasteiger partial charge in [0.1, 0.15) is 5.25 Å². The Morgan fingerprint density at radius 2 is 2.20 bits per heavy atom. The highest BCUT2D eigenvalue weighted by Gasteiger charge is 2.36. The van der Waals surface area contributed by atoms with Crippen LogP contribution in [0.1, 0.15) is 25.7 Å². The molecule has 0 aliphatic heterocycles. The molecule has 15 heavy (non-hydrogen) atoms. The first-order chi connectivity index (χ1) is 6.99. The normalized spacial score (nSPS) is 20.9. The molecule has 0 amide bonds. The first-order valence-corrected chi connectivity index (χ1v) is 6.75. The van der Waals surface area contributed by atoms with Gasteiger partial charge in [-0.3, -0.25) is 0 Å². The smallest absolute Gasteiger partial charge is 0.214 e. The number of methoxy groups -OCH3 is 1. The topological polar surface area (TPSA) is 69.4 Å². The van der Waals surface area contributed by atoms with Crippen LogP contribution in [0, 0.1) is 5.92 Å². The summed E-state index contributed by atoms with van der Waals surface area (Å²) in [4.78, 5) is 0. The lowest BCUT2D eigenvalue weighted by Crippen LogP contribution is -2.39. The van der Waals surface area contributed by atoms with E-state index in [9.17, 15) is 8.42 Å². The summed E-state index contributed by atoms with van der Waals surface area (Å²) in [6.45, 7) is 3.59. The number of sulfonamides is 1. The molecule has 1 fully saturated rings. The third kappa shape index (κ3) is 3.93. The second-order valence-corrected chi connectivity index (χ2v) is 5.89. The number of rotatable bonds is 7. The molecule has 0 radical (unpaired) electrons. The van der Waals surface area contributed by atoms with Crippen molar-refractivity contribution in [3.63, 3.8) is 0 Å². The molecule has 1 rings (SSSR count). The standard InChI is InChI=1S/C10H19NO3S/c1-3-4-9(14-2)10(15(11,12)13)7-8-5-6-8/h3,8-10H,1,4-7H2,2H3,(H2,11,12,13)/t9-,10-/m1/s1. The average Bonchev–Trinajstić information content (AvgIpc) is 2.93. The van der Waals surface area contributed by atoms with Crippen LogP contribution < -0.4 is 5.14 Å². The third-order valence-corrected chi connectivity index (χ3v) is 4.14. The van der Waals surface area contributed by atoms with Gasteiger partial charge in [0.25, 0.3) is 0 Å². The van der Waals surface area contributed by atoms with E-state index < -0.39 is 15.3 Å². The summed E-state index contributed by atoms with van der Waals surface area (Å²) < 4.78 is 28.0. The minimum Gasteiger partial charge on any atom is -0.380 e. The fraction of sp³-hybridized carbons (Fsp3) is 0.800. The van der Waals surface area contributed by atoms with Gasteiger partial charge in [0.2, 0.25) is 10.0 Å². The summed E-state index contributed by atoms with van der Waals surface area (Å²) in [7, 11) is -2.01. The van der Waals surface area contributed by atoms with Gasteiger partial charge in [-0.05, 0) is 18.8 Å². The molecule has 0 bridgehead atoms. The van der Waals surface area contributed by atoms with E-state index in [1.807, 2.05) is 0 Å². The fourth-order valence-electron chi connectivity index (χ4n) is 1.74. The van der Waals surface area contributed by atoms with Gasteiger partial charge in [-0.2, -0.15) is 0 Å². The van der Waals surface area contributed by atoms with Crippen LogP contribution in [0.25, 0.3) is 0 Å². The SMILES string of the molecule is C=CC[C@@H](OC)[C@@H](CC1CC1)S(N)(=O)=O. The van der Waals surface area contributed by atoms with Crippen molar-refractivity contribution >= 4 is 10.0 Å². The molecule has 88 valence electrons. The maximum atomic E-state index is 11.4. The number of nitrogens with two attached hydrogens (primary N) is 1. The van der Waals surface area contributed by atoms with E-state index in [1.54, 1.807) is 6.08 Å². The molecule has 0 saturated heterocycles. The van der Waals surface area contributed by atoms with Crippen LogP contribution in [-0.4, -0.2) is 26.9 Å². The van der Waals surface area contributed by atoms with E-state index in [2.05, 4.69) is 6.58 Å². The van der Waals surface area contributed by atoms with Gasteiger partial charge in [0, 0.05) is 7.11 Å². The number of primary sulfonamides is 1. The third-order valence-electron chi connectivity index (χ3n) is 2.80. The minimum atomic E-state index is -3.53. The minimum absolute atomic E-state index is 0.363. The van der Waals surface area contributed by atoms with Crippen molar-refractivity contribution in [1.82, 2.24) is 0 Å².